The molecule has 25 heavy (non-hydrogen) atoms. The zero-order chi connectivity index (χ0) is 18.0. The van der Waals surface area contributed by atoms with Gasteiger partial charge >= 0.3 is 12.0 Å². The van der Waals surface area contributed by atoms with Gasteiger partial charge in [-0.3, -0.25) is 9.69 Å². The largest absolute Gasteiger partial charge is 0.480 e. The number of hydrogen-bond donors (Lipinski definition) is 2. The summed E-state index contributed by atoms with van der Waals surface area (Å²) in [5, 5.41) is 12.8. The molecule has 0 aromatic heterocycles. The molecule has 6 nitrogen and oxygen atoms in total. The molecule has 0 radical (unpaired) electrons. The van der Waals surface area contributed by atoms with E-state index in [0.717, 1.165) is 35.4 Å². The number of halogens is 1. The first kappa shape index (κ1) is 18.0. The van der Waals surface area contributed by atoms with E-state index in [0.29, 0.717) is 19.6 Å². The number of carboxylic acid groups (broad SMARTS) is 1. The fourth-order valence-electron chi connectivity index (χ4n) is 3.68. The summed E-state index contributed by atoms with van der Waals surface area (Å²) in [5.74, 6) is -0.806. The van der Waals surface area contributed by atoms with E-state index in [2.05, 4.69) is 5.32 Å². The first-order chi connectivity index (χ1) is 12.0. The third-order valence-corrected chi connectivity index (χ3v) is 5.55. The van der Waals surface area contributed by atoms with Crippen molar-refractivity contribution in [3.05, 3.63) is 34.3 Å². The van der Waals surface area contributed by atoms with Crippen molar-refractivity contribution in [1.82, 2.24) is 15.1 Å². The van der Waals surface area contributed by atoms with Crippen LogP contribution in [0.5, 0.6) is 0 Å². The van der Waals surface area contributed by atoms with Crippen LogP contribution >= 0.6 is 11.6 Å². The normalized spacial score (nSPS) is 22.3. The zero-order valence-corrected chi connectivity index (χ0v) is 15.1. The number of nitrogens with one attached hydrogen (secondary N) is 1. The van der Waals surface area contributed by atoms with Gasteiger partial charge in [-0.25, -0.2) is 4.79 Å². The summed E-state index contributed by atoms with van der Waals surface area (Å²) in [5.41, 5.74) is 2.25. The maximum atomic E-state index is 12.5. The van der Waals surface area contributed by atoms with Crippen LogP contribution in [0.3, 0.4) is 0 Å². The Kier molecular flexibility index (Phi) is 5.49. The Bertz CT molecular complexity index is 661. The van der Waals surface area contributed by atoms with Crippen LogP contribution in [0.4, 0.5) is 4.79 Å². The Hall–Kier alpha value is -1.79. The summed E-state index contributed by atoms with van der Waals surface area (Å²) in [7, 11) is 0. The number of carbonyl (C=O) groups is 2. The Morgan fingerprint density at radius 2 is 2.16 bits per heavy atom. The van der Waals surface area contributed by atoms with Crippen molar-refractivity contribution >= 4 is 23.6 Å². The lowest BCUT2D eigenvalue weighted by molar-refractivity contribution is -0.139. The molecule has 0 spiro atoms. The number of carboxylic acids is 1. The van der Waals surface area contributed by atoms with E-state index < -0.39 is 5.97 Å². The number of rotatable bonds is 5. The number of aliphatic carboxylic acids is 1. The van der Waals surface area contributed by atoms with E-state index in [9.17, 15) is 9.59 Å². The van der Waals surface area contributed by atoms with Crippen LogP contribution in [0.25, 0.3) is 0 Å². The van der Waals surface area contributed by atoms with Gasteiger partial charge < -0.3 is 15.3 Å². The lowest BCUT2D eigenvalue weighted by Gasteiger charge is -2.43. The lowest BCUT2D eigenvalue weighted by atomic mass is 9.85. The Balaban J connectivity index is 1.49. The fourth-order valence-corrected chi connectivity index (χ4v) is 3.97. The predicted octanol–water partition coefficient (Wildman–Crippen LogP) is 2.35. The molecular weight excluding hydrogens is 342 g/mol. The highest BCUT2D eigenvalue weighted by atomic mass is 35.5. The smallest absolute Gasteiger partial charge is 0.317 e. The Morgan fingerprint density at radius 3 is 2.84 bits per heavy atom. The van der Waals surface area contributed by atoms with E-state index in [1.807, 2.05) is 34.9 Å². The molecule has 1 aromatic rings. The third-order valence-electron chi connectivity index (χ3n) is 5.20. The van der Waals surface area contributed by atoms with Crippen molar-refractivity contribution in [2.45, 2.75) is 44.8 Å². The van der Waals surface area contributed by atoms with Crippen molar-refractivity contribution in [2.75, 3.05) is 19.6 Å². The van der Waals surface area contributed by atoms with Gasteiger partial charge in [-0.2, -0.15) is 0 Å². The maximum Gasteiger partial charge on any atom is 0.317 e. The second-order valence-electron chi connectivity index (χ2n) is 6.78. The fraction of sp³-hybridized carbons (Fsp3) is 0.556. The van der Waals surface area contributed by atoms with Crippen LogP contribution in [-0.4, -0.2) is 58.6 Å². The van der Waals surface area contributed by atoms with Gasteiger partial charge in [0.15, 0.2) is 0 Å². The average molecular weight is 366 g/mol. The summed E-state index contributed by atoms with van der Waals surface area (Å²) in [4.78, 5) is 27.1. The monoisotopic (exact) mass is 365 g/mol. The highest BCUT2D eigenvalue weighted by molar-refractivity contribution is 6.31. The van der Waals surface area contributed by atoms with E-state index in [1.165, 1.54) is 0 Å². The molecule has 0 saturated heterocycles. The number of hydrogen-bond acceptors (Lipinski definition) is 3. The summed E-state index contributed by atoms with van der Waals surface area (Å²) < 4.78 is 0. The van der Waals surface area contributed by atoms with Gasteiger partial charge in [0, 0.05) is 30.2 Å². The van der Waals surface area contributed by atoms with Crippen LogP contribution in [0.1, 0.15) is 30.9 Å². The zero-order valence-electron chi connectivity index (χ0n) is 14.4. The van der Waals surface area contributed by atoms with Gasteiger partial charge in [0.2, 0.25) is 0 Å². The minimum absolute atomic E-state index is 0.0460. The van der Waals surface area contributed by atoms with E-state index >= 15 is 0 Å². The number of benzene rings is 1. The molecule has 136 valence electrons. The maximum absolute atomic E-state index is 12.5. The molecule has 0 unspecified atom stereocenters. The van der Waals surface area contributed by atoms with Crippen molar-refractivity contribution < 1.29 is 14.7 Å². The first-order valence-electron chi connectivity index (χ1n) is 8.75. The second-order valence-corrected chi connectivity index (χ2v) is 7.18. The number of urea groups is 1. The molecule has 1 fully saturated rings. The molecule has 2 aliphatic rings. The van der Waals surface area contributed by atoms with Gasteiger partial charge in [-0.05, 0) is 43.0 Å². The van der Waals surface area contributed by atoms with Crippen molar-refractivity contribution in [2.24, 2.45) is 0 Å². The lowest BCUT2D eigenvalue weighted by Crippen LogP contribution is -2.57. The van der Waals surface area contributed by atoms with E-state index in [1.54, 1.807) is 0 Å². The van der Waals surface area contributed by atoms with Crippen molar-refractivity contribution in [3.8, 4) is 0 Å². The standard InChI is InChI=1S/C18H24ClN3O3/c1-2-21(11-17(23)24)14-8-13(9-14)20-18(25)22-7-6-15-12(10-22)4-3-5-16(15)19/h3-5,13-14H,2,6-11H2,1H3,(H,20,25)(H,23,24). The van der Waals surface area contributed by atoms with Gasteiger partial charge in [0.25, 0.3) is 0 Å². The molecule has 0 bridgehead atoms. The number of carbonyl (C=O) groups excluding carboxylic acids is 1. The third kappa shape index (κ3) is 4.07. The first-order valence-corrected chi connectivity index (χ1v) is 9.13. The highest BCUT2D eigenvalue weighted by Crippen LogP contribution is 2.28. The van der Waals surface area contributed by atoms with Crippen LogP contribution < -0.4 is 5.32 Å². The van der Waals surface area contributed by atoms with Crippen LogP contribution in [0, 0.1) is 0 Å². The summed E-state index contributed by atoms with van der Waals surface area (Å²) in [6.07, 6.45) is 2.39. The molecule has 1 saturated carbocycles. The summed E-state index contributed by atoms with van der Waals surface area (Å²) >= 11 is 6.22. The molecule has 2 amide bonds. The summed E-state index contributed by atoms with van der Waals surface area (Å²) in [6, 6.07) is 6.15. The molecular formula is C18H24ClN3O3. The van der Waals surface area contributed by atoms with Gasteiger partial charge in [0.05, 0.1) is 6.54 Å². The number of fused-ring (bicyclic) bond motifs is 1. The molecule has 1 aliphatic heterocycles. The van der Waals surface area contributed by atoms with Crippen LogP contribution in [0.15, 0.2) is 18.2 Å². The van der Waals surface area contributed by atoms with Gasteiger partial charge in [-0.1, -0.05) is 30.7 Å². The quantitative estimate of drug-likeness (QED) is 0.840. The predicted molar refractivity (Wildman–Crippen MR) is 95.8 cm³/mol. The number of likely N-dealkylation sites (N-methyl/N-ethyl adjacent to an activating group) is 1. The second kappa shape index (κ2) is 7.62. The van der Waals surface area contributed by atoms with Crippen molar-refractivity contribution in [3.63, 3.8) is 0 Å². The number of amides is 2. The molecule has 1 aromatic carbocycles. The minimum Gasteiger partial charge on any atom is -0.480 e. The van der Waals surface area contributed by atoms with E-state index in [4.69, 9.17) is 16.7 Å². The highest BCUT2D eigenvalue weighted by Gasteiger charge is 2.35. The van der Waals surface area contributed by atoms with Crippen LogP contribution in [0.2, 0.25) is 5.02 Å². The average Bonchev–Trinajstić information content (AvgIpc) is 2.55. The molecule has 2 N–H and O–H groups in total. The molecule has 1 heterocycles. The summed E-state index contributed by atoms with van der Waals surface area (Å²) in [6.45, 7) is 3.98. The molecule has 0 atom stereocenters. The van der Waals surface area contributed by atoms with Crippen LogP contribution in [-0.2, 0) is 17.8 Å². The number of nitrogens with zero attached hydrogens (tertiary/aromatic N) is 2. The minimum atomic E-state index is -0.806. The molecule has 3 rings (SSSR count). The topological polar surface area (TPSA) is 72.9 Å². The molecule has 1 aliphatic carbocycles. The SMILES string of the molecule is CCN(CC(=O)O)C1CC(NC(=O)N2CCc3c(Cl)cccc3C2)C1. The van der Waals surface area contributed by atoms with E-state index in [-0.39, 0.29) is 24.7 Å². The Labute approximate surface area is 152 Å². The molecule has 7 heteroatoms. The van der Waals surface area contributed by atoms with Gasteiger partial charge in [0.1, 0.15) is 0 Å². The van der Waals surface area contributed by atoms with Gasteiger partial charge in [-0.15, -0.1) is 0 Å². The Morgan fingerprint density at radius 1 is 1.40 bits per heavy atom. The van der Waals surface area contributed by atoms with Crippen molar-refractivity contribution in [1.29, 1.82) is 0 Å².